The van der Waals surface area contributed by atoms with Crippen molar-refractivity contribution in [3.05, 3.63) is 42.0 Å². The van der Waals surface area contributed by atoms with E-state index in [1.165, 1.54) is 0 Å². The maximum atomic E-state index is 11.0. The van der Waals surface area contributed by atoms with Crippen LogP contribution in [-0.4, -0.2) is 32.4 Å². The van der Waals surface area contributed by atoms with Gasteiger partial charge in [0.2, 0.25) is 0 Å². The van der Waals surface area contributed by atoms with E-state index in [0.717, 1.165) is 11.6 Å². The fourth-order valence-electron chi connectivity index (χ4n) is 2.44. The van der Waals surface area contributed by atoms with Crippen molar-refractivity contribution >= 4 is 5.97 Å². The van der Waals surface area contributed by atoms with Crippen molar-refractivity contribution < 1.29 is 14.6 Å². The first kappa shape index (κ1) is 13.6. The van der Waals surface area contributed by atoms with Crippen LogP contribution in [0.25, 0.3) is 0 Å². The molecule has 1 aromatic carbocycles. The van der Waals surface area contributed by atoms with Crippen LogP contribution < -0.4 is 4.74 Å². The maximum Gasteiger partial charge on any atom is 0.308 e. The number of carboxylic acid groups (broad SMARTS) is 1. The number of aryl methyl sites for hydroxylation is 1. The average molecular weight is 287 g/mol. The van der Waals surface area contributed by atoms with E-state index in [9.17, 15) is 4.79 Å². The average Bonchev–Trinajstić information content (AvgIpc) is 2.90. The largest absolute Gasteiger partial charge is 0.493 e. The van der Waals surface area contributed by atoms with Crippen LogP contribution in [0.2, 0.25) is 0 Å². The number of aliphatic carboxylic acids is 1. The lowest BCUT2D eigenvalue weighted by Crippen LogP contribution is -2.27. The zero-order chi connectivity index (χ0) is 14.7. The molecule has 0 amide bonds. The predicted octanol–water partition coefficient (Wildman–Crippen LogP) is 1.55. The Morgan fingerprint density at radius 2 is 2.19 bits per heavy atom. The number of fused-ring (bicyclic) bond motifs is 1. The molecule has 2 aromatic rings. The number of hydrogen-bond donors (Lipinski definition) is 1. The van der Waals surface area contributed by atoms with E-state index in [1.807, 2.05) is 30.3 Å². The van der Waals surface area contributed by atoms with Crippen molar-refractivity contribution in [3.63, 3.8) is 0 Å². The SMILES string of the molecule is O=C(O)C1CCc2nc(CCOc3ccccc3)nn2C1. The van der Waals surface area contributed by atoms with Gasteiger partial charge < -0.3 is 9.84 Å². The van der Waals surface area contributed by atoms with Crippen molar-refractivity contribution in [2.24, 2.45) is 5.92 Å². The highest BCUT2D eigenvalue weighted by molar-refractivity contribution is 5.70. The first-order chi connectivity index (χ1) is 10.2. The van der Waals surface area contributed by atoms with E-state index < -0.39 is 5.97 Å². The van der Waals surface area contributed by atoms with E-state index in [2.05, 4.69) is 10.1 Å². The van der Waals surface area contributed by atoms with Crippen molar-refractivity contribution in [2.45, 2.75) is 25.8 Å². The molecular formula is C15H17N3O3. The monoisotopic (exact) mass is 287 g/mol. The predicted molar refractivity (Wildman–Crippen MR) is 75.1 cm³/mol. The molecule has 1 aromatic heterocycles. The molecule has 1 N–H and O–H groups in total. The van der Waals surface area contributed by atoms with Crippen molar-refractivity contribution in [2.75, 3.05) is 6.61 Å². The Morgan fingerprint density at radius 1 is 1.38 bits per heavy atom. The second-order valence-electron chi connectivity index (χ2n) is 5.11. The molecule has 0 radical (unpaired) electrons. The third-order valence-corrected chi connectivity index (χ3v) is 3.59. The standard InChI is InChI=1S/C15H17N3O3/c19-15(20)11-6-7-14-16-13(17-18(14)10-11)8-9-21-12-4-2-1-3-5-12/h1-5,11H,6-10H2,(H,19,20). The molecule has 21 heavy (non-hydrogen) atoms. The summed E-state index contributed by atoms with van der Waals surface area (Å²) in [6.45, 7) is 0.924. The first-order valence-electron chi connectivity index (χ1n) is 7.05. The van der Waals surface area contributed by atoms with Crippen LogP contribution in [0, 0.1) is 5.92 Å². The first-order valence-corrected chi connectivity index (χ1v) is 7.05. The molecule has 2 heterocycles. The Hall–Kier alpha value is -2.37. The van der Waals surface area contributed by atoms with Crippen molar-refractivity contribution in [1.29, 1.82) is 0 Å². The van der Waals surface area contributed by atoms with E-state index in [1.54, 1.807) is 4.68 Å². The highest BCUT2D eigenvalue weighted by atomic mass is 16.5. The zero-order valence-corrected chi connectivity index (χ0v) is 11.6. The maximum absolute atomic E-state index is 11.0. The van der Waals surface area contributed by atoms with Gasteiger partial charge in [-0.2, -0.15) is 5.10 Å². The summed E-state index contributed by atoms with van der Waals surface area (Å²) in [6, 6.07) is 9.60. The second kappa shape index (κ2) is 5.95. The number of para-hydroxylation sites is 1. The molecule has 0 fully saturated rings. The minimum atomic E-state index is -0.759. The topological polar surface area (TPSA) is 77.2 Å². The van der Waals surface area contributed by atoms with Gasteiger partial charge >= 0.3 is 5.97 Å². The number of hydrogen-bond acceptors (Lipinski definition) is 4. The molecule has 1 unspecified atom stereocenters. The van der Waals surface area contributed by atoms with Gasteiger partial charge in [0.15, 0.2) is 5.82 Å². The third-order valence-electron chi connectivity index (χ3n) is 3.59. The molecule has 0 saturated heterocycles. The molecule has 0 aliphatic carbocycles. The highest BCUT2D eigenvalue weighted by Gasteiger charge is 2.26. The summed E-state index contributed by atoms with van der Waals surface area (Å²) in [5.74, 6) is 1.30. The van der Waals surface area contributed by atoms with Crippen molar-refractivity contribution in [1.82, 2.24) is 14.8 Å². The van der Waals surface area contributed by atoms with Crippen LogP contribution in [0.3, 0.4) is 0 Å². The molecule has 3 rings (SSSR count). The van der Waals surface area contributed by atoms with Gasteiger partial charge in [-0.15, -0.1) is 0 Å². The Morgan fingerprint density at radius 3 is 2.95 bits per heavy atom. The fraction of sp³-hybridized carbons (Fsp3) is 0.400. The Bertz CT molecular complexity index is 624. The summed E-state index contributed by atoms with van der Waals surface area (Å²) in [5, 5.41) is 13.4. The molecular weight excluding hydrogens is 270 g/mol. The molecule has 1 atom stereocenters. The lowest BCUT2D eigenvalue weighted by molar-refractivity contribution is -0.142. The van der Waals surface area contributed by atoms with Gasteiger partial charge in [-0.1, -0.05) is 18.2 Å². The van der Waals surface area contributed by atoms with E-state index in [0.29, 0.717) is 38.2 Å². The van der Waals surface area contributed by atoms with Crippen LogP contribution in [0.4, 0.5) is 0 Å². The molecule has 0 spiro atoms. The number of benzene rings is 1. The molecule has 6 heteroatoms. The summed E-state index contributed by atoms with van der Waals surface area (Å²) >= 11 is 0. The summed E-state index contributed by atoms with van der Waals surface area (Å²) in [6.07, 6.45) is 1.92. The summed E-state index contributed by atoms with van der Waals surface area (Å²) in [7, 11) is 0. The lowest BCUT2D eigenvalue weighted by atomic mass is 10.0. The van der Waals surface area contributed by atoms with Gasteiger partial charge in [-0.05, 0) is 18.6 Å². The minimum Gasteiger partial charge on any atom is -0.493 e. The van der Waals surface area contributed by atoms with Gasteiger partial charge in [0.25, 0.3) is 0 Å². The highest BCUT2D eigenvalue weighted by Crippen LogP contribution is 2.18. The molecule has 110 valence electrons. The molecule has 6 nitrogen and oxygen atoms in total. The summed E-state index contributed by atoms with van der Waals surface area (Å²) in [5.41, 5.74) is 0. The van der Waals surface area contributed by atoms with Gasteiger partial charge in [-0.25, -0.2) is 9.67 Å². The van der Waals surface area contributed by atoms with E-state index in [4.69, 9.17) is 9.84 Å². The van der Waals surface area contributed by atoms with Gasteiger partial charge in [0, 0.05) is 12.8 Å². The fourth-order valence-corrected chi connectivity index (χ4v) is 2.44. The zero-order valence-electron chi connectivity index (χ0n) is 11.6. The Balaban J connectivity index is 1.57. The number of carboxylic acids is 1. The Labute approximate surface area is 122 Å². The van der Waals surface area contributed by atoms with Crippen molar-refractivity contribution in [3.8, 4) is 5.75 Å². The number of ether oxygens (including phenoxy) is 1. The number of rotatable bonds is 5. The second-order valence-corrected chi connectivity index (χ2v) is 5.11. The third kappa shape index (κ3) is 3.21. The number of nitrogens with zero attached hydrogens (tertiary/aromatic N) is 3. The van der Waals surface area contributed by atoms with Crippen LogP contribution in [0.1, 0.15) is 18.1 Å². The number of aromatic nitrogens is 3. The molecule has 1 aliphatic heterocycles. The number of carbonyl (C=O) groups is 1. The molecule has 0 bridgehead atoms. The summed E-state index contributed by atoms with van der Waals surface area (Å²) in [4.78, 5) is 15.5. The van der Waals surface area contributed by atoms with Gasteiger partial charge in [0.05, 0.1) is 19.1 Å². The molecule has 1 aliphatic rings. The lowest BCUT2D eigenvalue weighted by Gasteiger charge is -2.18. The quantitative estimate of drug-likeness (QED) is 0.902. The van der Waals surface area contributed by atoms with Gasteiger partial charge in [-0.3, -0.25) is 4.79 Å². The van der Waals surface area contributed by atoms with Gasteiger partial charge in [0.1, 0.15) is 11.6 Å². The van der Waals surface area contributed by atoms with Crippen LogP contribution in [-0.2, 0) is 24.2 Å². The Kier molecular flexibility index (Phi) is 3.85. The molecule has 0 saturated carbocycles. The van der Waals surface area contributed by atoms with Crippen LogP contribution >= 0.6 is 0 Å². The van der Waals surface area contributed by atoms with E-state index in [-0.39, 0.29) is 5.92 Å². The minimum absolute atomic E-state index is 0.354. The van der Waals surface area contributed by atoms with E-state index >= 15 is 0 Å². The van der Waals surface area contributed by atoms with Crippen LogP contribution in [0.15, 0.2) is 30.3 Å². The van der Waals surface area contributed by atoms with Crippen LogP contribution in [0.5, 0.6) is 5.75 Å². The normalized spacial score (nSPS) is 17.2. The summed E-state index contributed by atoms with van der Waals surface area (Å²) < 4.78 is 7.34. The smallest absolute Gasteiger partial charge is 0.308 e.